The van der Waals surface area contributed by atoms with Gasteiger partial charge >= 0.3 is 0 Å². The molecule has 1 fully saturated rings. The fourth-order valence-corrected chi connectivity index (χ4v) is 9.72. The van der Waals surface area contributed by atoms with E-state index >= 15 is 0 Å². The molecular weight excluding hydrogens is 416 g/mol. The molecule has 0 spiro atoms. The van der Waals surface area contributed by atoms with Gasteiger partial charge < -0.3 is 13.9 Å². The Morgan fingerprint density at radius 1 is 0.906 bits per heavy atom. The lowest BCUT2D eigenvalue weighted by molar-refractivity contribution is -0.148. The Labute approximate surface area is 192 Å². The summed E-state index contributed by atoms with van der Waals surface area (Å²) in [7, 11) is -2.74. The molecule has 3 atom stereocenters. The zero-order valence-electron chi connectivity index (χ0n) is 19.7. The zero-order chi connectivity index (χ0) is 23.0. The first-order valence-electron chi connectivity index (χ1n) is 11.5. The highest BCUT2D eigenvalue weighted by Gasteiger charge is 2.52. The molecule has 0 aromatic heterocycles. The van der Waals surface area contributed by atoms with Crippen molar-refractivity contribution in [3.63, 3.8) is 0 Å². The molecule has 2 aromatic carbocycles. The van der Waals surface area contributed by atoms with Crippen LogP contribution in [0.1, 0.15) is 47.5 Å². The molecule has 0 bridgehead atoms. The van der Waals surface area contributed by atoms with E-state index in [-0.39, 0.29) is 29.1 Å². The highest BCUT2D eigenvalue weighted by atomic mass is 28.4. The van der Waals surface area contributed by atoms with Crippen LogP contribution in [-0.4, -0.2) is 38.2 Å². The minimum Gasteiger partial charge on any atom is -0.401 e. The molecule has 5 heteroatoms. The molecule has 4 rings (SSSR count). The number of carbonyl (C=O) groups is 1. The molecule has 32 heavy (non-hydrogen) atoms. The van der Waals surface area contributed by atoms with Crippen molar-refractivity contribution in [3.8, 4) is 0 Å². The predicted octanol–water partition coefficient (Wildman–Crippen LogP) is 4.37. The molecule has 0 radical (unpaired) electrons. The van der Waals surface area contributed by atoms with Crippen LogP contribution in [0.25, 0.3) is 0 Å². The van der Waals surface area contributed by atoms with Gasteiger partial charge in [0.2, 0.25) is 0 Å². The second-order valence-electron chi connectivity index (χ2n) is 10.3. The fourth-order valence-electron chi connectivity index (χ4n) is 5.08. The highest BCUT2D eigenvalue weighted by molar-refractivity contribution is 6.99. The van der Waals surface area contributed by atoms with Crippen LogP contribution in [0.5, 0.6) is 0 Å². The van der Waals surface area contributed by atoms with Crippen molar-refractivity contribution >= 4 is 24.5 Å². The Balaban J connectivity index is 1.79. The smallest absolute Gasteiger partial charge is 0.261 e. The summed E-state index contributed by atoms with van der Waals surface area (Å²) < 4.78 is 19.5. The third-order valence-electron chi connectivity index (χ3n) is 6.39. The van der Waals surface area contributed by atoms with Crippen LogP contribution in [0.3, 0.4) is 0 Å². The molecule has 1 saturated heterocycles. The summed E-state index contributed by atoms with van der Waals surface area (Å²) in [5.74, 6) is -0.640. The van der Waals surface area contributed by atoms with E-state index in [9.17, 15) is 4.79 Å². The third kappa shape index (κ3) is 4.53. The van der Waals surface area contributed by atoms with Crippen LogP contribution >= 0.6 is 0 Å². The van der Waals surface area contributed by atoms with Crippen molar-refractivity contribution in [2.45, 2.75) is 76.6 Å². The Morgan fingerprint density at radius 2 is 1.44 bits per heavy atom. The van der Waals surface area contributed by atoms with E-state index in [1.54, 1.807) is 6.08 Å². The Bertz CT molecular complexity index is 923. The molecule has 2 aliphatic rings. The van der Waals surface area contributed by atoms with E-state index in [1.807, 2.05) is 32.1 Å². The summed E-state index contributed by atoms with van der Waals surface area (Å²) in [4.78, 5) is 12.6. The number of fused-ring (bicyclic) bond motifs is 1. The van der Waals surface area contributed by atoms with Crippen LogP contribution in [0, 0.1) is 0 Å². The molecule has 170 valence electrons. The standard InChI is InChI=1S/C27H34O4Si/c1-26(2,3)32(22-12-8-6-9-13-22,23-14-10-7-11-15-23)31-21-17-16-20(28)18-24-25(19-21)30-27(4,5)29-24/h6-17,21,24-25H,18-19H2,1-5H3/b17-16-/t21-,24+,25-/m0/s1. The second kappa shape index (κ2) is 8.71. The van der Waals surface area contributed by atoms with Crippen molar-refractivity contribution in [3.05, 3.63) is 72.8 Å². The third-order valence-corrected chi connectivity index (χ3v) is 11.5. The van der Waals surface area contributed by atoms with Gasteiger partial charge in [0.1, 0.15) is 0 Å². The first kappa shape index (κ1) is 23.1. The summed E-state index contributed by atoms with van der Waals surface area (Å²) >= 11 is 0. The maximum Gasteiger partial charge on any atom is 0.261 e. The van der Waals surface area contributed by atoms with Gasteiger partial charge in [-0.2, -0.15) is 0 Å². The number of allylic oxidation sites excluding steroid dienone is 1. The van der Waals surface area contributed by atoms with Gasteiger partial charge in [-0.05, 0) is 35.3 Å². The van der Waals surface area contributed by atoms with Gasteiger partial charge in [0.25, 0.3) is 8.32 Å². The van der Waals surface area contributed by atoms with Gasteiger partial charge in [-0.25, -0.2) is 0 Å². The van der Waals surface area contributed by atoms with E-state index in [0.717, 1.165) is 0 Å². The number of hydrogen-bond donors (Lipinski definition) is 0. The lowest BCUT2D eigenvalue weighted by Gasteiger charge is -2.45. The van der Waals surface area contributed by atoms with Crippen molar-refractivity contribution < 1.29 is 18.7 Å². The quantitative estimate of drug-likeness (QED) is 0.649. The lowest BCUT2D eigenvalue weighted by atomic mass is 9.98. The van der Waals surface area contributed by atoms with Gasteiger partial charge in [0.05, 0.1) is 18.3 Å². The molecule has 1 aliphatic heterocycles. The van der Waals surface area contributed by atoms with Crippen LogP contribution in [0.2, 0.25) is 5.04 Å². The zero-order valence-corrected chi connectivity index (χ0v) is 20.7. The fraction of sp³-hybridized carbons (Fsp3) is 0.444. The maximum absolute atomic E-state index is 12.6. The summed E-state index contributed by atoms with van der Waals surface area (Å²) in [6.07, 6.45) is 3.93. The van der Waals surface area contributed by atoms with E-state index in [2.05, 4.69) is 69.3 Å². The van der Waals surface area contributed by atoms with Crippen LogP contribution in [0.15, 0.2) is 72.8 Å². The van der Waals surface area contributed by atoms with Crippen molar-refractivity contribution in [2.24, 2.45) is 0 Å². The monoisotopic (exact) mass is 450 g/mol. The number of rotatable bonds is 4. The van der Waals surface area contributed by atoms with Crippen molar-refractivity contribution in [1.29, 1.82) is 0 Å². The summed E-state index contributed by atoms with van der Waals surface area (Å²) in [6.45, 7) is 10.6. The average molecular weight is 451 g/mol. The molecule has 0 unspecified atom stereocenters. The summed E-state index contributed by atoms with van der Waals surface area (Å²) in [6, 6.07) is 21.2. The minimum atomic E-state index is -2.74. The number of ketones is 1. The molecule has 0 saturated carbocycles. The highest BCUT2D eigenvalue weighted by Crippen LogP contribution is 2.40. The van der Waals surface area contributed by atoms with E-state index < -0.39 is 14.1 Å². The number of benzene rings is 2. The SMILES string of the molecule is CC1(C)O[C@H]2C[C@@H](O[Si](c3ccccc3)(c3ccccc3)C(C)(C)C)/C=C\C(=O)C[C@H]2O1. The van der Waals surface area contributed by atoms with Gasteiger partial charge in [-0.15, -0.1) is 0 Å². The maximum atomic E-state index is 12.6. The molecule has 4 nitrogen and oxygen atoms in total. The first-order chi connectivity index (χ1) is 15.1. The van der Waals surface area contributed by atoms with Crippen LogP contribution in [-0.2, 0) is 18.7 Å². The molecule has 0 amide bonds. The normalized spacial score (nSPS) is 26.8. The van der Waals surface area contributed by atoms with E-state index in [4.69, 9.17) is 13.9 Å². The lowest BCUT2D eigenvalue weighted by Crippen LogP contribution is -2.67. The van der Waals surface area contributed by atoms with Gasteiger partial charge in [0.15, 0.2) is 11.6 Å². The second-order valence-corrected chi connectivity index (χ2v) is 14.6. The van der Waals surface area contributed by atoms with Crippen molar-refractivity contribution in [1.82, 2.24) is 0 Å². The van der Waals surface area contributed by atoms with Crippen LogP contribution in [0.4, 0.5) is 0 Å². The number of hydrogen-bond acceptors (Lipinski definition) is 4. The van der Waals surface area contributed by atoms with E-state index in [1.165, 1.54) is 10.4 Å². The van der Waals surface area contributed by atoms with Crippen molar-refractivity contribution in [2.75, 3.05) is 0 Å². The van der Waals surface area contributed by atoms with Gasteiger partial charge in [-0.3, -0.25) is 4.79 Å². The molecule has 1 heterocycles. The summed E-state index contributed by atoms with van der Waals surface area (Å²) in [5, 5.41) is 2.31. The number of carbonyl (C=O) groups excluding carboxylic acids is 1. The molecule has 0 N–H and O–H groups in total. The Kier molecular flexibility index (Phi) is 6.29. The summed E-state index contributed by atoms with van der Waals surface area (Å²) in [5.41, 5.74) is 0. The largest absolute Gasteiger partial charge is 0.401 e. The molecule has 1 aliphatic carbocycles. The number of ether oxygens (including phenoxy) is 2. The first-order valence-corrected chi connectivity index (χ1v) is 13.4. The Morgan fingerprint density at radius 3 is 1.97 bits per heavy atom. The molecular formula is C27H34O4Si. The average Bonchev–Trinajstić information content (AvgIpc) is 3.01. The van der Waals surface area contributed by atoms with Crippen LogP contribution < -0.4 is 10.4 Å². The minimum absolute atomic E-state index is 0.0528. The van der Waals surface area contributed by atoms with Gasteiger partial charge in [0, 0.05) is 12.8 Å². The molecule has 2 aromatic rings. The van der Waals surface area contributed by atoms with Gasteiger partial charge in [-0.1, -0.05) is 87.5 Å². The Hall–Kier alpha value is -2.05. The van der Waals surface area contributed by atoms with E-state index in [0.29, 0.717) is 12.8 Å². The predicted molar refractivity (Wildman–Crippen MR) is 130 cm³/mol. The topological polar surface area (TPSA) is 44.8 Å².